The number of rotatable bonds is 4. The molecule has 8 heteroatoms. The normalized spacial score (nSPS) is 12.6. The lowest BCUT2D eigenvalue weighted by Gasteiger charge is -2.14. The molecule has 1 aliphatic rings. The summed E-state index contributed by atoms with van der Waals surface area (Å²) in [7, 11) is 0. The highest BCUT2D eigenvalue weighted by Gasteiger charge is 2.36. The topological polar surface area (TPSA) is 105 Å². The number of imide groups is 1. The summed E-state index contributed by atoms with van der Waals surface area (Å²) < 4.78 is 1.94. The molecule has 0 radical (unpaired) electrons. The summed E-state index contributed by atoms with van der Waals surface area (Å²) in [6.45, 7) is 2.68. The number of imidazole rings is 1. The van der Waals surface area contributed by atoms with E-state index in [1.165, 1.54) is 4.90 Å². The van der Waals surface area contributed by atoms with Crippen molar-refractivity contribution in [2.24, 2.45) is 0 Å². The average molecular weight is 402 g/mol. The van der Waals surface area contributed by atoms with Gasteiger partial charge in [0.2, 0.25) is 0 Å². The third-order valence-corrected chi connectivity index (χ3v) is 4.88. The molecule has 4 rings (SSSR count). The van der Waals surface area contributed by atoms with Gasteiger partial charge in [0.05, 0.1) is 35.2 Å². The summed E-state index contributed by atoms with van der Waals surface area (Å²) >= 11 is 0. The molecule has 0 aliphatic carbocycles. The number of fused-ring (bicyclic) bond motifs is 2. The molecule has 0 atom stereocenters. The number of carbonyl (C=O) groups is 3. The minimum absolute atomic E-state index is 0.0331. The van der Waals surface area contributed by atoms with E-state index in [0.717, 1.165) is 16.6 Å². The van der Waals surface area contributed by atoms with Crippen LogP contribution in [-0.2, 0) is 13.1 Å². The molecule has 3 amide bonds. The Balaban J connectivity index is 1.63. The van der Waals surface area contributed by atoms with Crippen LogP contribution in [0.25, 0.3) is 11.0 Å². The van der Waals surface area contributed by atoms with Crippen molar-refractivity contribution < 1.29 is 19.5 Å². The van der Waals surface area contributed by atoms with Crippen molar-refractivity contribution >= 4 is 28.9 Å². The molecule has 30 heavy (non-hydrogen) atoms. The smallest absolute Gasteiger partial charge is 0.405 e. The second-order valence-corrected chi connectivity index (χ2v) is 6.68. The first-order chi connectivity index (χ1) is 14.5. The van der Waals surface area contributed by atoms with E-state index >= 15 is 0 Å². The van der Waals surface area contributed by atoms with Crippen molar-refractivity contribution in [3.8, 4) is 11.8 Å². The van der Waals surface area contributed by atoms with Crippen molar-refractivity contribution in [2.45, 2.75) is 20.0 Å². The molecule has 1 aliphatic heterocycles. The number of carbonyl (C=O) groups excluding carboxylic acids is 2. The molecule has 2 N–H and O–H groups in total. The number of amides is 3. The first-order valence-corrected chi connectivity index (χ1v) is 9.39. The largest absolute Gasteiger partial charge is 0.465 e. The summed E-state index contributed by atoms with van der Waals surface area (Å²) in [6, 6.07) is 12.3. The van der Waals surface area contributed by atoms with E-state index in [1.807, 2.05) is 23.6 Å². The number of hydrogen-bond donors (Lipinski definition) is 2. The molecule has 150 valence electrons. The maximum absolute atomic E-state index is 12.7. The molecule has 0 spiro atoms. The Morgan fingerprint density at radius 2 is 1.83 bits per heavy atom. The van der Waals surface area contributed by atoms with Crippen molar-refractivity contribution in [1.29, 1.82) is 0 Å². The highest BCUT2D eigenvalue weighted by atomic mass is 16.4. The summed E-state index contributed by atoms with van der Waals surface area (Å²) in [5.74, 6) is 5.65. The third-order valence-electron chi connectivity index (χ3n) is 4.88. The van der Waals surface area contributed by atoms with Gasteiger partial charge in [-0.05, 0) is 37.3 Å². The maximum Gasteiger partial charge on any atom is 0.405 e. The molecule has 0 saturated carbocycles. The van der Waals surface area contributed by atoms with Crippen LogP contribution in [0.4, 0.5) is 4.79 Å². The molecule has 1 aromatic heterocycles. The summed E-state index contributed by atoms with van der Waals surface area (Å²) in [6.07, 6.45) is -1.12. The number of benzene rings is 2. The van der Waals surface area contributed by atoms with Crippen LogP contribution >= 0.6 is 0 Å². The van der Waals surface area contributed by atoms with Crippen LogP contribution in [0.5, 0.6) is 0 Å². The van der Waals surface area contributed by atoms with Gasteiger partial charge in [-0.1, -0.05) is 24.0 Å². The van der Waals surface area contributed by atoms with Gasteiger partial charge in [-0.25, -0.2) is 9.78 Å². The van der Waals surface area contributed by atoms with Crippen LogP contribution in [0, 0.1) is 11.8 Å². The molecule has 0 saturated heterocycles. The molecule has 2 heterocycles. The highest BCUT2D eigenvalue weighted by Crippen LogP contribution is 2.25. The van der Waals surface area contributed by atoms with Crippen molar-refractivity contribution in [2.75, 3.05) is 6.54 Å². The second kappa shape index (κ2) is 7.72. The van der Waals surface area contributed by atoms with Crippen LogP contribution in [0.3, 0.4) is 0 Å². The number of aryl methyl sites for hydroxylation is 1. The van der Waals surface area contributed by atoms with Crippen LogP contribution in [-0.4, -0.2) is 44.0 Å². The first-order valence-electron chi connectivity index (χ1n) is 9.39. The number of nitrogens with zero attached hydrogens (tertiary/aromatic N) is 3. The Morgan fingerprint density at radius 3 is 2.47 bits per heavy atom. The molecule has 3 aromatic rings. The van der Waals surface area contributed by atoms with Gasteiger partial charge in [0.1, 0.15) is 5.82 Å². The zero-order valence-corrected chi connectivity index (χ0v) is 16.2. The van der Waals surface area contributed by atoms with Crippen LogP contribution < -0.4 is 5.32 Å². The van der Waals surface area contributed by atoms with E-state index in [1.54, 1.807) is 30.3 Å². The van der Waals surface area contributed by atoms with Crippen molar-refractivity contribution in [3.63, 3.8) is 0 Å². The lowest BCUT2D eigenvalue weighted by atomic mass is 10.1. The van der Waals surface area contributed by atoms with Gasteiger partial charge < -0.3 is 15.0 Å². The number of aromatic nitrogens is 2. The summed E-state index contributed by atoms with van der Waals surface area (Å²) in [5, 5.41) is 10.8. The van der Waals surface area contributed by atoms with Gasteiger partial charge in [0.25, 0.3) is 11.8 Å². The molecule has 8 nitrogen and oxygen atoms in total. The quantitative estimate of drug-likeness (QED) is 0.515. The van der Waals surface area contributed by atoms with Crippen LogP contribution in [0.15, 0.2) is 42.5 Å². The highest BCUT2D eigenvalue weighted by molar-refractivity contribution is 6.21. The minimum atomic E-state index is -1.12. The average Bonchev–Trinajstić information content (AvgIpc) is 3.21. The Labute approximate surface area is 172 Å². The standard InChI is InChI=1S/C22H18N4O4/c1-2-25-18-12-14(6-5-11-23-22(29)30)9-10-17(18)24-19(25)13-26-20(27)15-7-3-4-8-16(15)21(26)28/h3-4,7-10,12,23H,2,11,13H2,1H3,(H,29,30). The lowest BCUT2D eigenvalue weighted by Crippen LogP contribution is -2.30. The van der Waals surface area contributed by atoms with Crippen LogP contribution in [0.1, 0.15) is 39.0 Å². The van der Waals surface area contributed by atoms with Gasteiger partial charge in [0.15, 0.2) is 0 Å². The zero-order chi connectivity index (χ0) is 21.3. The Morgan fingerprint density at radius 1 is 1.13 bits per heavy atom. The fourth-order valence-electron chi connectivity index (χ4n) is 3.51. The summed E-state index contributed by atoms with van der Waals surface area (Å²) in [5.41, 5.74) is 3.11. The Hall–Kier alpha value is -4.12. The molecule has 2 aromatic carbocycles. The van der Waals surface area contributed by atoms with Crippen molar-refractivity contribution in [3.05, 3.63) is 65.0 Å². The van der Waals surface area contributed by atoms with Crippen LogP contribution in [0.2, 0.25) is 0 Å². The SMILES string of the molecule is CCn1c(CN2C(=O)c3ccccc3C2=O)nc2ccc(C#CCNC(=O)O)cc21. The summed E-state index contributed by atoms with van der Waals surface area (Å²) in [4.78, 5) is 41.7. The molecule has 0 unspecified atom stereocenters. The van der Waals surface area contributed by atoms with Gasteiger partial charge in [-0.3, -0.25) is 14.5 Å². The van der Waals surface area contributed by atoms with Gasteiger partial charge in [-0.15, -0.1) is 0 Å². The maximum atomic E-state index is 12.7. The van der Waals surface area contributed by atoms with E-state index in [0.29, 0.717) is 23.5 Å². The van der Waals surface area contributed by atoms with E-state index in [-0.39, 0.29) is 24.9 Å². The number of carboxylic acid groups (broad SMARTS) is 1. The number of nitrogens with one attached hydrogen (secondary N) is 1. The third kappa shape index (κ3) is 3.37. The van der Waals surface area contributed by atoms with Gasteiger partial charge >= 0.3 is 6.09 Å². The number of hydrogen-bond acceptors (Lipinski definition) is 4. The van der Waals surface area contributed by atoms with E-state index in [4.69, 9.17) is 5.11 Å². The molecule has 0 fully saturated rings. The van der Waals surface area contributed by atoms with E-state index in [9.17, 15) is 14.4 Å². The second-order valence-electron chi connectivity index (χ2n) is 6.68. The minimum Gasteiger partial charge on any atom is -0.465 e. The zero-order valence-electron chi connectivity index (χ0n) is 16.2. The molecule has 0 bridgehead atoms. The predicted octanol–water partition coefficient (Wildman–Crippen LogP) is 2.47. The van der Waals surface area contributed by atoms with Gasteiger partial charge in [0, 0.05) is 12.1 Å². The Kier molecular flexibility index (Phi) is 4.94. The predicted molar refractivity (Wildman–Crippen MR) is 109 cm³/mol. The fourth-order valence-corrected chi connectivity index (χ4v) is 3.51. The monoisotopic (exact) mass is 402 g/mol. The molecular formula is C22H18N4O4. The van der Waals surface area contributed by atoms with Crippen molar-refractivity contribution in [1.82, 2.24) is 19.8 Å². The lowest BCUT2D eigenvalue weighted by molar-refractivity contribution is 0.0636. The van der Waals surface area contributed by atoms with E-state index < -0.39 is 6.09 Å². The fraction of sp³-hybridized carbons (Fsp3) is 0.182. The molecular weight excluding hydrogens is 384 g/mol. The van der Waals surface area contributed by atoms with Gasteiger partial charge in [-0.2, -0.15) is 0 Å². The van der Waals surface area contributed by atoms with E-state index in [2.05, 4.69) is 22.1 Å². The first kappa shape index (κ1) is 19.2. The Bertz CT molecular complexity index is 1210.